The maximum Gasteiger partial charge on any atom is 0.408 e. The monoisotopic (exact) mass is 774 g/mol. The number of aromatic nitrogens is 4. The van der Waals surface area contributed by atoms with Crippen molar-refractivity contribution in [2.75, 3.05) is 6.54 Å². The Morgan fingerprint density at radius 1 is 0.684 bits per heavy atom. The van der Waals surface area contributed by atoms with Crippen molar-refractivity contribution >= 4 is 18.0 Å². The van der Waals surface area contributed by atoms with E-state index in [0.29, 0.717) is 42.9 Å². The summed E-state index contributed by atoms with van der Waals surface area (Å²) >= 11 is 0. The van der Waals surface area contributed by atoms with Crippen LogP contribution in [-0.4, -0.2) is 76.1 Å². The highest BCUT2D eigenvalue weighted by molar-refractivity contribution is 5.86. The molecule has 0 aliphatic carbocycles. The van der Waals surface area contributed by atoms with Gasteiger partial charge in [0, 0.05) is 88.1 Å². The first-order valence-corrected chi connectivity index (χ1v) is 18.8. The molecule has 298 valence electrons. The van der Waals surface area contributed by atoms with Crippen molar-refractivity contribution in [3.63, 3.8) is 0 Å². The molecular weight excluding hydrogens is 725 g/mol. The maximum absolute atomic E-state index is 13.6. The third-order valence-electron chi connectivity index (χ3n) is 8.65. The van der Waals surface area contributed by atoms with Crippen LogP contribution in [0.1, 0.15) is 66.7 Å². The zero-order valence-electron chi connectivity index (χ0n) is 32.5. The molecule has 4 heterocycles. The van der Waals surface area contributed by atoms with Crippen molar-refractivity contribution in [2.24, 2.45) is 0 Å². The number of hydrogen-bond acceptors (Lipinski definition) is 11. The summed E-state index contributed by atoms with van der Waals surface area (Å²) < 4.78 is 5.50. The fraction of sp³-hybridized carbons (Fsp3) is 0.326. The second-order valence-corrected chi connectivity index (χ2v) is 14.7. The Labute approximate surface area is 333 Å². The van der Waals surface area contributed by atoms with Crippen molar-refractivity contribution in [2.45, 2.75) is 84.5 Å². The Kier molecular flexibility index (Phi) is 15.1. The molecule has 2 amide bonds. The number of carboxylic acids is 1. The van der Waals surface area contributed by atoms with E-state index in [1.807, 2.05) is 84.9 Å². The van der Waals surface area contributed by atoms with Gasteiger partial charge in [0.25, 0.3) is 0 Å². The quantitative estimate of drug-likeness (QED) is 0.0839. The lowest BCUT2D eigenvalue weighted by Gasteiger charge is -2.27. The van der Waals surface area contributed by atoms with E-state index in [1.165, 1.54) is 0 Å². The maximum atomic E-state index is 13.6. The average Bonchev–Trinajstić information content (AvgIpc) is 3.17. The Bertz CT molecular complexity index is 1840. The number of alkyl carbamates (subject to hydrolysis) is 1. The summed E-state index contributed by atoms with van der Waals surface area (Å²) in [6, 6.07) is 25.4. The molecule has 1 atom stereocenters. The lowest BCUT2D eigenvalue weighted by molar-refractivity contribution is -0.137. The van der Waals surface area contributed by atoms with Crippen LogP contribution in [0.25, 0.3) is 0 Å². The van der Waals surface area contributed by atoms with Gasteiger partial charge >= 0.3 is 12.1 Å². The molecule has 4 N–H and O–H groups in total. The van der Waals surface area contributed by atoms with E-state index in [2.05, 4.69) is 40.4 Å². The number of amides is 2. The van der Waals surface area contributed by atoms with Crippen LogP contribution in [-0.2, 0) is 60.0 Å². The van der Waals surface area contributed by atoms with Gasteiger partial charge in [-0.1, -0.05) is 36.4 Å². The number of pyridine rings is 4. The second kappa shape index (κ2) is 20.6. The molecular formula is C43H50N8O6. The summed E-state index contributed by atoms with van der Waals surface area (Å²) in [4.78, 5) is 60.3. The minimum atomic E-state index is -1.13. The molecule has 57 heavy (non-hydrogen) atoms. The molecule has 0 aliphatic rings. The fourth-order valence-corrected chi connectivity index (χ4v) is 6.20. The minimum Gasteiger partial charge on any atom is -0.507 e. The molecule has 0 aliphatic heterocycles. The molecule has 5 rings (SSSR count). The number of carbonyl (C=O) groups excluding carboxylic acids is 2. The van der Waals surface area contributed by atoms with Gasteiger partial charge in [-0.05, 0) is 74.9 Å². The Morgan fingerprint density at radius 2 is 1.11 bits per heavy atom. The van der Waals surface area contributed by atoms with Crippen LogP contribution in [0.2, 0.25) is 0 Å². The highest BCUT2D eigenvalue weighted by Crippen LogP contribution is 2.30. The van der Waals surface area contributed by atoms with E-state index in [4.69, 9.17) is 4.74 Å². The van der Waals surface area contributed by atoms with Crippen molar-refractivity contribution in [1.82, 2.24) is 40.4 Å². The summed E-state index contributed by atoms with van der Waals surface area (Å²) in [6.45, 7) is 7.42. The predicted molar refractivity (Wildman–Crippen MR) is 213 cm³/mol. The number of phenols is 1. The third kappa shape index (κ3) is 14.4. The van der Waals surface area contributed by atoms with Crippen LogP contribution in [0, 0.1) is 0 Å². The highest BCUT2D eigenvalue weighted by Gasteiger charge is 2.26. The van der Waals surface area contributed by atoms with Crippen LogP contribution in [0.15, 0.2) is 110 Å². The number of carbonyl (C=O) groups is 3. The number of hydrogen-bond donors (Lipinski definition) is 4. The zero-order chi connectivity index (χ0) is 40.6. The van der Waals surface area contributed by atoms with E-state index >= 15 is 0 Å². The smallest absolute Gasteiger partial charge is 0.408 e. The largest absolute Gasteiger partial charge is 0.507 e. The normalized spacial score (nSPS) is 11.9. The molecule has 0 spiro atoms. The SMILES string of the molecule is CC(C)(C)OC(=O)N[C@@H](Cc1cc(CN(Cc2ccccn2)Cc2ccccn2)c(O)c(CN(Cc2ccccn2)Cc2ccccn2)c1)C(=O)NCCC(=O)O. The van der Waals surface area contributed by atoms with Crippen LogP contribution in [0.3, 0.4) is 0 Å². The lowest BCUT2D eigenvalue weighted by atomic mass is 9.97. The Morgan fingerprint density at radius 3 is 1.46 bits per heavy atom. The topological polar surface area (TPSA) is 183 Å². The number of aromatic hydroxyl groups is 1. The number of aliphatic carboxylic acids is 1. The standard InChI is InChI=1S/C43H50N8O6/c1-43(2,3)57-42(56)49-38(41(55)48-21-16-39(52)53)24-31-22-32(25-50(27-34-12-4-8-17-44-34)28-35-13-5-9-18-45-35)40(54)33(23-31)26-51(29-36-14-6-10-19-46-36)30-37-15-7-11-20-47-37/h4-15,17-20,22-23,38,54H,16,21,24-30H2,1-3H3,(H,48,55)(H,49,56)(H,52,53)/t38-/m0/s1. The molecule has 5 aromatic rings. The first-order valence-electron chi connectivity index (χ1n) is 18.8. The Balaban J connectivity index is 1.54. The van der Waals surface area contributed by atoms with E-state index in [9.17, 15) is 24.6 Å². The molecule has 0 saturated heterocycles. The second-order valence-electron chi connectivity index (χ2n) is 14.7. The molecule has 0 saturated carbocycles. The summed E-state index contributed by atoms with van der Waals surface area (Å²) in [5.41, 5.74) is 4.34. The number of ether oxygens (including phenoxy) is 1. The van der Waals surface area contributed by atoms with Crippen molar-refractivity contribution in [3.05, 3.63) is 149 Å². The van der Waals surface area contributed by atoms with Gasteiger partial charge in [0.05, 0.1) is 29.2 Å². The van der Waals surface area contributed by atoms with Crippen LogP contribution in [0.5, 0.6) is 5.75 Å². The highest BCUT2D eigenvalue weighted by atomic mass is 16.6. The van der Waals surface area contributed by atoms with E-state index in [0.717, 1.165) is 22.8 Å². The molecule has 14 heteroatoms. The molecule has 0 bridgehead atoms. The first-order chi connectivity index (χ1) is 27.4. The third-order valence-corrected chi connectivity index (χ3v) is 8.65. The van der Waals surface area contributed by atoms with E-state index in [-0.39, 0.29) is 38.2 Å². The van der Waals surface area contributed by atoms with Gasteiger partial charge in [0.2, 0.25) is 5.91 Å². The molecule has 0 fully saturated rings. The van der Waals surface area contributed by atoms with Gasteiger partial charge in [0.1, 0.15) is 17.4 Å². The molecule has 0 radical (unpaired) electrons. The zero-order valence-corrected chi connectivity index (χ0v) is 32.5. The number of nitrogens with one attached hydrogen (secondary N) is 2. The van der Waals surface area contributed by atoms with Gasteiger partial charge in [-0.3, -0.25) is 39.3 Å². The summed E-state index contributed by atoms with van der Waals surface area (Å²) in [5.74, 6) is -1.56. The van der Waals surface area contributed by atoms with Crippen LogP contribution < -0.4 is 10.6 Å². The number of carboxylic acid groups (broad SMARTS) is 1. The fourth-order valence-electron chi connectivity index (χ4n) is 6.20. The van der Waals surface area contributed by atoms with Gasteiger partial charge in [-0.25, -0.2) is 4.79 Å². The summed E-state index contributed by atoms with van der Waals surface area (Å²) in [5, 5.41) is 26.6. The van der Waals surface area contributed by atoms with Crippen LogP contribution >= 0.6 is 0 Å². The lowest BCUT2D eigenvalue weighted by Crippen LogP contribution is -2.49. The number of rotatable bonds is 19. The summed E-state index contributed by atoms with van der Waals surface area (Å²) in [6.07, 6.45) is 5.88. The molecule has 1 aromatic carbocycles. The van der Waals surface area contributed by atoms with Crippen molar-refractivity contribution in [3.8, 4) is 5.75 Å². The molecule has 4 aromatic heterocycles. The van der Waals surface area contributed by atoms with E-state index < -0.39 is 29.6 Å². The number of benzene rings is 1. The van der Waals surface area contributed by atoms with Crippen molar-refractivity contribution in [1.29, 1.82) is 0 Å². The van der Waals surface area contributed by atoms with Gasteiger partial charge in [0.15, 0.2) is 0 Å². The predicted octanol–water partition coefficient (Wildman–Crippen LogP) is 5.40. The first kappa shape index (κ1) is 41.9. The minimum absolute atomic E-state index is 0.0133. The number of phenolic OH excluding ortho intramolecular Hbond substituents is 1. The van der Waals surface area contributed by atoms with Crippen LogP contribution in [0.4, 0.5) is 4.79 Å². The van der Waals surface area contributed by atoms with E-state index in [1.54, 1.807) is 45.6 Å². The summed E-state index contributed by atoms with van der Waals surface area (Å²) in [7, 11) is 0. The molecule has 14 nitrogen and oxygen atoms in total. The van der Waals surface area contributed by atoms with Gasteiger partial charge in [-0.2, -0.15) is 0 Å². The van der Waals surface area contributed by atoms with Crippen molar-refractivity contribution < 1.29 is 29.3 Å². The van der Waals surface area contributed by atoms with Gasteiger partial charge < -0.3 is 25.6 Å². The Hall–Kier alpha value is -6.25. The average molecular weight is 775 g/mol. The number of nitrogens with zero attached hydrogens (tertiary/aromatic N) is 6. The van der Waals surface area contributed by atoms with Gasteiger partial charge in [-0.15, -0.1) is 0 Å². The molecule has 0 unspecified atom stereocenters.